The smallest absolute Gasteiger partial charge is 0.308 e. The molecular weight excluding hydrogens is 668 g/mol. The lowest BCUT2D eigenvalue weighted by molar-refractivity contribution is -0.142. The highest BCUT2D eigenvalue weighted by atomic mass is 79.9. The summed E-state index contributed by atoms with van der Waals surface area (Å²) in [6.45, 7) is 0.446. The Balaban J connectivity index is 2.08. The fourth-order valence-corrected chi connectivity index (χ4v) is 5.64. The van der Waals surface area contributed by atoms with E-state index >= 15 is 0 Å². The summed E-state index contributed by atoms with van der Waals surface area (Å²) in [4.78, 5) is 22.5. The van der Waals surface area contributed by atoms with Gasteiger partial charge < -0.3 is 18.9 Å². The lowest BCUT2D eigenvalue weighted by atomic mass is 10.0. The van der Waals surface area contributed by atoms with Crippen LogP contribution in [-0.2, 0) is 25.5 Å². The molecule has 2 aromatic carbocycles. The zero-order valence-corrected chi connectivity index (χ0v) is 23.2. The average Bonchev–Trinajstić information content (AvgIpc) is 2.71. The highest BCUT2D eigenvalue weighted by molar-refractivity contribution is 9.11. The number of benzene rings is 2. The molecule has 0 amide bonds. The summed E-state index contributed by atoms with van der Waals surface area (Å²) >= 11 is 14.1. The average molecular weight is 688 g/mol. The third-order valence-corrected chi connectivity index (χ3v) is 6.44. The number of hydrogen-bond donors (Lipinski definition) is 0. The second kappa shape index (κ2) is 12.8. The molecule has 0 bridgehead atoms. The van der Waals surface area contributed by atoms with Crippen molar-refractivity contribution in [1.82, 2.24) is 0 Å². The second-order valence-electron chi connectivity index (χ2n) is 6.30. The number of rotatable bonds is 10. The summed E-state index contributed by atoms with van der Waals surface area (Å²) in [7, 11) is 2.70. The van der Waals surface area contributed by atoms with Crippen LogP contribution in [0.3, 0.4) is 0 Å². The molecule has 0 aliphatic carbocycles. The van der Waals surface area contributed by atoms with Gasteiger partial charge in [0.25, 0.3) is 0 Å². The number of esters is 2. The zero-order valence-electron chi connectivity index (χ0n) is 16.8. The Hall–Kier alpha value is -1.10. The van der Waals surface area contributed by atoms with E-state index in [2.05, 4.69) is 73.2 Å². The number of carbonyl (C=O) groups is 2. The molecule has 168 valence electrons. The van der Waals surface area contributed by atoms with Gasteiger partial charge in [-0.15, -0.1) is 0 Å². The molecule has 0 aliphatic heterocycles. The number of hydrogen-bond acceptors (Lipinski definition) is 6. The zero-order chi connectivity index (χ0) is 23.0. The number of carbonyl (C=O) groups excluding carboxylic acids is 2. The van der Waals surface area contributed by atoms with Crippen molar-refractivity contribution in [3.8, 4) is 11.5 Å². The summed E-state index contributed by atoms with van der Waals surface area (Å²) in [5.41, 5.74) is 2.11. The maximum Gasteiger partial charge on any atom is 0.308 e. The molecule has 2 aromatic rings. The third-order valence-electron chi connectivity index (χ3n) is 4.08. The van der Waals surface area contributed by atoms with Gasteiger partial charge in [0.05, 0.1) is 58.2 Å². The van der Waals surface area contributed by atoms with E-state index in [0.717, 1.165) is 29.0 Å². The van der Waals surface area contributed by atoms with Gasteiger partial charge in [0.1, 0.15) is 11.5 Å². The Morgan fingerprint density at radius 1 is 0.677 bits per heavy atom. The molecule has 0 aliphatic rings. The monoisotopic (exact) mass is 684 g/mol. The molecule has 10 heteroatoms. The maximum atomic E-state index is 11.2. The van der Waals surface area contributed by atoms with E-state index in [4.69, 9.17) is 9.47 Å². The fraction of sp³-hybridized carbons (Fsp3) is 0.333. The van der Waals surface area contributed by atoms with Crippen LogP contribution in [0.15, 0.2) is 42.2 Å². The molecule has 2 rings (SSSR count). The van der Waals surface area contributed by atoms with Gasteiger partial charge in [-0.3, -0.25) is 9.59 Å². The minimum Gasteiger partial charge on any atom is -0.491 e. The number of methoxy groups -OCH3 is 2. The van der Waals surface area contributed by atoms with Crippen LogP contribution in [-0.4, -0.2) is 39.4 Å². The first-order valence-electron chi connectivity index (χ1n) is 9.10. The van der Waals surface area contributed by atoms with Crippen LogP contribution in [0.2, 0.25) is 0 Å². The topological polar surface area (TPSA) is 71.1 Å². The van der Waals surface area contributed by atoms with E-state index < -0.39 is 0 Å². The quantitative estimate of drug-likeness (QED) is 0.277. The molecule has 6 nitrogen and oxygen atoms in total. The molecule has 0 saturated carbocycles. The molecule has 0 spiro atoms. The Bertz CT molecular complexity index is 826. The van der Waals surface area contributed by atoms with Gasteiger partial charge in [0, 0.05) is 0 Å². The van der Waals surface area contributed by atoms with Crippen molar-refractivity contribution in [2.45, 2.75) is 19.3 Å². The van der Waals surface area contributed by atoms with Crippen LogP contribution >= 0.6 is 63.7 Å². The molecule has 0 aromatic heterocycles. The van der Waals surface area contributed by atoms with E-state index in [1.165, 1.54) is 14.2 Å². The molecule has 0 heterocycles. The fourth-order valence-electron chi connectivity index (χ4n) is 2.62. The number of halogens is 4. The van der Waals surface area contributed by atoms with Crippen LogP contribution in [0.5, 0.6) is 11.5 Å². The Kier molecular flexibility index (Phi) is 10.8. The normalized spacial score (nSPS) is 10.5. The SMILES string of the molecule is COC(=O)CCOc1c(Br)cc(Cc2cc(Br)c(OCCC(=O)OC)c(Br)c2)cc1Br. The van der Waals surface area contributed by atoms with Crippen molar-refractivity contribution >= 4 is 75.7 Å². The highest BCUT2D eigenvalue weighted by Crippen LogP contribution is 2.38. The largest absolute Gasteiger partial charge is 0.491 e. The predicted molar refractivity (Wildman–Crippen MR) is 131 cm³/mol. The molecular formula is C21H20Br4O6. The lowest BCUT2D eigenvalue weighted by Crippen LogP contribution is -2.08. The minimum absolute atomic E-state index is 0.174. The van der Waals surface area contributed by atoms with Gasteiger partial charge in [-0.2, -0.15) is 0 Å². The first-order valence-corrected chi connectivity index (χ1v) is 12.3. The summed E-state index contributed by atoms with van der Waals surface area (Å²) in [5.74, 6) is 0.615. The lowest BCUT2D eigenvalue weighted by Gasteiger charge is -2.14. The summed E-state index contributed by atoms with van der Waals surface area (Å²) in [6, 6.07) is 7.89. The van der Waals surface area contributed by atoms with Gasteiger partial charge in [0.2, 0.25) is 0 Å². The van der Waals surface area contributed by atoms with Gasteiger partial charge in [-0.05, 0) is 106 Å². The van der Waals surface area contributed by atoms with Crippen molar-refractivity contribution in [3.05, 3.63) is 53.3 Å². The molecule has 0 radical (unpaired) electrons. The van der Waals surface area contributed by atoms with E-state index in [1.54, 1.807) is 0 Å². The van der Waals surface area contributed by atoms with E-state index in [0.29, 0.717) is 17.9 Å². The van der Waals surface area contributed by atoms with Crippen LogP contribution in [0, 0.1) is 0 Å². The minimum atomic E-state index is -0.322. The maximum absolute atomic E-state index is 11.2. The van der Waals surface area contributed by atoms with E-state index in [-0.39, 0.29) is 38.0 Å². The van der Waals surface area contributed by atoms with Crippen molar-refractivity contribution < 1.29 is 28.5 Å². The van der Waals surface area contributed by atoms with Gasteiger partial charge in [-0.25, -0.2) is 0 Å². The van der Waals surface area contributed by atoms with Crippen LogP contribution in [0.1, 0.15) is 24.0 Å². The van der Waals surface area contributed by atoms with Crippen LogP contribution < -0.4 is 9.47 Å². The molecule has 31 heavy (non-hydrogen) atoms. The van der Waals surface area contributed by atoms with Crippen LogP contribution in [0.4, 0.5) is 0 Å². The third kappa shape index (κ3) is 8.07. The van der Waals surface area contributed by atoms with Gasteiger partial charge >= 0.3 is 11.9 Å². The van der Waals surface area contributed by atoms with Crippen molar-refractivity contribution in [2.75, 3.05) is 27.4 Å². The van der Waals surface area contributed by atoms with Crippen molar-refractivity contribution in [1.29, 1.82) is 0 Å². The Labute approximate surface area is 214 Å². The summed E-state index contributed by atoms with van der Waals surface area (Å²) < 4.78 is 23.8. The highest BCUT2D eigenvalue weighted by Gasteiger charge is 2.14. The Morgan fingerprint density at radius 3 is 1.29 bits per heavy atom. The first kappa shape index (κ1) is 26.2. The predicted octanol–water partition coefficient (Wildman–Crippen LogP) is 6.21. The van der Waals surface area contributed by atoms with Gasteiger partial charge in [0.15, 0.2) is 0 Å². The van der Waals surface area contributed by atoms with Crippen molar-refractivity contribution in [2.24, 2.45) is 0 Å². The molecule has 0 N–H and O–H groups in total. The van der Waals surface area contributed by atoms with Gasteiger partial charge in [-0.1, -0.05) is 0 Å². The van der Waals surface area contributed by atoms with Crippen molar-refractivity contribution in [3.63, 3.8) is 0 Å². The van der Waals surface area contributed by atoms with Crippen LogP contribution in [0.25, 0.3) is 0 Å². The molecule has 0 fully saturated rings. The standard InChI is InChI=1S/C21H20Br4O6/c1-28-18(26)3-5-30-20-14(22)8-12(9-15(20)23)7-13-10-16(24)21(17(25)11-13)31-6-4-19(27)29-2/h8-11H,3-7H2,1-2H3. The summed E-state index contributed by atoms with van der Waals surface area (Å²) in [5, 5.41) is 0. The summed E-state index contributed by atoms with van der Waals surface area (Å²) in [6.07, 6.45) is 1.01. The first-order chi connectivity index (χ1) is 14.7. The van der Waals surface area contributed by atoms with E-state index in [1.807, 2.05) is 24.3 Å². The molecule has 0 atom stereocenters. The molecule has 0 saturated heterocycles. The molecule has 0 unspecified atom stereocenters. The Morgan fingerprint density at radius 2 is 1.00 bits per heavy atom. The second-order valence-corrected chi connectivity index (χ2v) is 9.72. The number of ether oxygens (including phenoxy) is 4. The van der Waals surface area contributed by atoms with E-state index in [9.17, 15) is 9.59 Å².